The van der Waals surface area contributed by atoms with E-state index in [0.29, 0.717) is 19.7 Å². The molecular formula is C16H24N2O4. The predicted octanol–water partition coefficient (Wildman–Crippen LogP) is 1.98. The van der Waals surface area contributed by atoms with Crippen molar-refractivity contribution in [1.82, 2.24) is 9.80 Å². The standard InChI is InChI=1S/C16H24N2O4/c1-4-22-16(19)18-9-7-17(8-10-18)12-13-5-6-14(20-2)15(11-13)21-3/h5-6,11H,4,7-10,12H2,1-3H3. The third kappa shape index (κ3) is 4.04. The largest absolute Gasteiger partial charge is 0.493 e. The molecule has 0 atom stereocenters. The van der Waals surface area contributed by atoms with Crippen LogP contribution >= 0.6 is 0 Å². The van der Waals surface area contributed by atoms with Crippen LogP contribution in [0.1, 0.15) is 12.5 Å². The fourth-order valence-electron chi connectivity index (χ4n) is 2.54. The van der Waals surface area contributed by atoms with Crippen molar-refractivity contribution in [2.24, 2.45) is 0 Å². The molecule has 0 bridgehead atoms. The maximum atomic E-state index is 11.7. The smallest absolute Gasteiger partial charge is 0.409 e. The van der Waals surface area contributed by atoms with Crippen LogP contribution in [0, 0.1) is 0 Å². The maximum absolute atomic E-state index is 11.7. The summed E-state index contributed by atoms with van der Waals surface area (Å²) in [6.07, 6.45) is -0.215. The highest BCUT2D eigenvalue weighted by molar-refractivity contribution is 5.67. The summed E-state index contributed by atoms with van der Waals surface area (Å²) in [6, 6.07) is 5.96. The number of benzene rings is 1. The summed E-state index contributed by atoms with van der Waals surface area (Å²) in [6.45, 7) is 6.16. The van der Waals surface area contributed by atoms with Gasteiger partial charge in [0, 0.05) is 32.7 Å². The van der Waals surface area contributed by atoms with Crippen LogP contribution in [0.2, 0.25) is 0 Å². The van der Waals surface area contributed by atoms with E-state index in [9.17, 15) is 4.79 Å². The van der Waals surface area contributed by atoms with Crippen LogP contribution in [0.5, 0.6) is 11.5 Å². The van der Waals surface area contributed by atoms with Gasteiger partial charge in [-0.15, -0.1) is 0 Å². The molecule has 1 saturated heterocycles. The Bertz CT molecular complexity index is 499. The Hall–Kier alpha value is -1.95. The van der Waals surface area contributed by atoms with Crippen molar-refractivity contribution < 1.29 is 19.0 Å². The maximum Gasteiger partial charge on any atom is 0.409 e. The van der Waals surface area contributed by atoms with Crippen LogP contribution in [0.15, 0.2) is 18.2 Å². The van der Waals surface area contributed by atoms with E-state index in [1.807, 2.05) is 25.1 Å². The molecular weight excluding hydrogens is 284 g/mol. The van der Waals surface area contributed by atoms with Gasteiger partial charge in [-0.05, 0) is 24.6 Å². The van der Waals surface area contributed by atoms with E-state index in [4.69, 9.17) is 14.2 Å². The van der Waals surface area contributed by atoms with Crippen LogP contribution < -0.4 is 9.47 Å². The minimum atomic E-state index is -0.215. The fraction of sp³-hybridized carbons (Fsp3) is 0.562. The Morgan fingerprint density at radius 1 is 1.09 bits per heavy atom. The molecule has 1 aliphatic heterocycles. The molecule has 122 valence electrons. The van der Waals surface area contributed by atoms with Crippen molar-refractivity contribution in [3.05, 3.63) is 23.8 Å². The van der Waals surface area contributed by atoms with Crippen LogP contribution in [0.3, 0.4) is 0 Å². The van der Waals surface area contributed by atoms with E-state index in [2.05, 4.69) is 4.90 Å². The Kier molecular flexibility index (Phi) is 5.89. The zero-order valence-corrected chi connectivity index (χ0v) is 13.5. The molecule has 2 rings (SSSR count). The second-order valence-corrected chi connectivity index (χ2v) is 5.15. The van der Waals surface area contributed by atoms with Crippen LogP contribution in [-0.2, 0) is 11.3 Å². The van der Waals surface area contributed by atoms with Gasteiger partial charge in [-0.25, -0.2) is 4.79 Å². The number of ether oxygens (including phenoxy) is 3. The molecule has 0 spiro atoms. The fourth-order valence-corrected chi connectivity index (χ4v) is 2.54. The number of amides is 1. The van der Waals surface area contributed by atoms with Gasteiger partial charge in [0.25, 0.3) is 0 Å². The second kappa shape index (κ2) is 7.89. The minimum Gasteiger partial charge on any atom is -0.493 e. The van der Waals surface area contributed by atoms with Gasteiger partial charge in [-0.3, -0.25) is 4.90 Å². The highest BCUT2D eigenvalue weighted by Crippen LogP contribution is 2.28. The van der Waals surface area contributed by atoms with E-state index < -0.39 is 0 Å². The first-order valence-corrected chi connectivity index (χ1v) is 7.53. The first kappa shape index (κ1) is 16.4. The monoisotopic (exact) mass is 308 g/mol. The molecule has 0 radical (unpaired) electrons. The van der Waals surface area contributed by atoms with E-state index in [1.165, 1.54) is 5.56 Å². The summed E-state index contributed by atoms with van der Waals surface area (Å²) in [5.41, 5.74) is 1.17. The highest BCUT2D eigenvalue weighted by Gasteiger charge is 2.22. The van der Waals surface area contributed by atoms with Crippen molar-refractivity contribution >= 4 is 6.09 Å². The average molecular weight is 308 g/mol. The number of nitrogens with zero attached hydrogens (tertiary/aromatic N) is 2. The van der Waals surface area contributed by atoms with Gasteiger partial charge in [0.15, 0.2) is 11.5 Å². The molecule has 0 aliphatic carbocycles. The summed E-state index contributed by atoms with van der Waals surface area (Å²) < 4.78 is 15.6. The Labute approximate surface area is 131 Å². The lowest BCUT2D eigenvalue weighted by atomic mass is 10.1. The Morgan fingerprint density at radius 3 is 2.36 bits per heavy atom. The lowest BCUT2D eigenvalue weighted by Crippen LogP contribution is -2.48. The molecule has 0 aromatic heterocycles. The number of hydrogen-bond acceptors (Lipinski definition) is 5. The van der Waals surface area contributed by atoms with Gasteiger partial charge in [0.2, 0.25) is 0 Å². The molecule has 1 amide bonds. The number of methoxy groups -OCH3 is 2. The molecule has 0 unspecified atom stereocenters. The molecule has 6 nitrogen and oxygen atoms in total. The summed E-state index contributed by atoms with van der Waals surface area (Å²) in [5, 5.41) is 0. The molecule has 1 fully saturated rings. The van der Waals surface area contributed by atoms with E-state index >= 15 is 0 Å². The third-order valence-corrected chi connectivity index (χ3v) is 3.75. The highest BCUT2D eigenvalue weighted by atomic mass is 16.6. The van der Waals surface area contributed by atoms with Crippen molar-refractivity contribution in [2.45, 2.75) is 13.5 Å². The van der Waals surface area contributed by atoms with Gasteiger partial charge < -0.3 is 19.1 Å². The number of piperazine rings is 1. The second-order valence-electron chi connectivity index (χ2n) is 5.15. The van der Waals surface area contributed by atoms with Gasteiger partial charge in [-0.2, -0.15) is 0 Å². The van der Waals surface area contributed by atoms with Crippen molar-refractivity contribution in [3.8, 4) is 11.5 Å². The molecule has 0 N–H and O–H groups in total. The van der Waals surface area contributed by atoms with E-state index in [-0.39, 0.29) is 6.09 Å². The molecule has 22 heavy (non-hydrogen) atoms. The van der Waals surface area contributed by atoms with Crippen LogP contribution in [0.25, 0.3) is 0 Å². The first-order chi connectivity index (χ1) is 10.7. The van der Waals surface area contributed by atoms with Crippen molar-refractivity contribution in [1.29, 1.82) is 0 Å². The minimum absolute atomic E-state index is 0.215. The first-order valence-electron chi connectivity index (χ1n) is 7.53. The lowest BCUT2D eigenvalue weighted by Gasteiger charge is -2.34. The average Bonchev–Trinajstić information content (AvgIpc) is 2.55. The summed E-state index contributed by atoms with van der Waals surface area (Å²) >= 11 is 0. The predicted molar refractivity (Wildman–Crippen MR) is 83.4 cm³/mol. The van der Waals surface area contributed by atoms with E-state index in [0.717, 1.165) is 31.1 Å². The number of rotatable bonds is 5. The third-order valence-electron chi connectivity index (χ3n) is 3.75. The van der Waals surface area contributed by atoms with Gasteiger partial charge >= 0.3 is 6.09 Å². The molecule has 1 aromatic rings. The normalized spacial score (nSPS) is 15.5. The van der Waals surface area contributed by atoms with Gasteiger partial charge in [0.05, 0.1) is 20.8 Å². The van der Waals surface area contributed by atoms with Crippen LogP contribution in [-0.4, -0.2) is 62.9 Å². The lowest BCUT2D eigenvalue weighted by molar-refractivity contribution is 0.0778. The molecule has 1 aromatic carbocycles. The van der Waals surface area contributed by atoms with Crippen LogP contribution in [0.4, 0.5) is 4.79 Å². The molecule has 0 saturated carbocycles. The number of hydrogen-bond donors (Lipinski definition) is 0. The van der Waals surface area contributed by atoms with Crippen molar-refractivity contribution in [3.63, 3.8) is 0 Å². The SMILES string of the molecule is CCOC(=O)N1CCN(Cc2ccc(OC)c(OC)c2)CC1. The molecule has 1 heterocycles. The topological polar surface area (TPSA) is 51.2 Å². The summed E-state index contributed by atoms with van der Waals surface area (Å²) in [7, 11) is 3.27. The quantitative estimate of drug-likeness (QED) is 0.832. The Morgan fingerprint density at radius 2 is 1.77 bits per heavy atom. The van der Waals surface area contributed by atoms with Crippen molar-refractivity contribution in [2.75, 3.05) is 47.0 Å². The van der Waals surface area contributed by atoms with Gasteiger partial charge in [-0.1, -0.05) is 6.07 Å². The molecule has 6 heteroatoms. The van der Waals surface area contributed by atoms with E-state index in [1.54, 1.807) is 19.1 Å². The summed E-state index contributed by atoms with van der Waals surface area (Å²) in [4.78, 5) is 15.7. The van der Waals surface area contributed by atoms with Gasteiger partial charge in [0.1, 0.15) is 0 Å². The number of carbonyl (C=O) groups is 1. The molecule has 1 aliphatic rings. The zero-order valence-electron chi connectivity index (χ0n) is 13.5. The Balaban J connectivity index is 1.89. The number of carbonyl (C=O) groups excluding carboxylic acids is 1. The summed E-state index contributed by atoms with van der Waals surface area (Å²) in [5.74, 6) is 1.48. The zero-order chi connectivity index (χ0) is 15.9.